The fourth-order valence-electron chi connectivity index (χ4n) is 6.30. The van der Waals surface area contributed by atoms with Crippen LogP contribution in [0.15, 0.2) is 57.3 Å². The van der Waals surface area contributed by atoms with Gasteiger partial charge in [-0.25, -0.2) is 0 Å². The second-order valence-electron chi connectivity index (χ2n) is 12.9. The van der Waals surface area contributed by atoms with Crippen LogP contribution in [0, 0.1) is 0 Å². The first-order valence-corrected chi connectivity index (χ1v) is 14.2. The van der Waals surface area contributed by atoms with Crippen LogP contribution >= 0.6 is 23.5 Å². The lowest BCUT2D eigenvalue weighted by Crippen LogP contribution is -2.47. The molecule has 0 N–H and O–H groups in total. The highest BCUT2D eigenvalue weighted by atomic mass is 32.2. The summed E-state index contributed by atoms with van der Waals surface area (Å²) in [6, 6.07) is 10.5. The molecule has 2 aromatic rings. The molecule has 208 valence electrons. The van der Waals surface area contributed by atoms with Gasteiger partial charge in [0, 0.05) is 33.1 Å². The highest BCUT2D eigenvalue weighted by molar-refractivity contribution is 8.06. The van der Waals surface area contributed by atoms with E-state index in [1.807, 2.05) is 54.4 Å². The summed E-state index contributed by atoms with van der Waals surface area (Å²) >= 11 is 2.62. The predicted octanol–water partition coefficient (Wildman–Crippen LogP) is 7.95. The maximum Gasteiger partial charge on any atom is 0.380 e. The summed E-state index contributed by atoms with van der Waals surface area (Å²) in [6.07, 6.45) is 0. The smallest absolute Gasteiger partial charge is 0.298 e. The molecule has 0 aromatic heterocycles. The second-order valence-corrected chi connectivity index (χ2v) is 15.8. The molecule has 10 heteroatoms. The number of nitrogens with zero attached hydrogens (tertiary/aromatic N) is 2. The number of allylic oxidation sites excluding steroid dienone is 2. The predicted molar refractivity (Wildman–Crippen MR) is 149 cm³/mol. The average Bonchev–Trinajstić information content (AvgIpc) is 3.30. The van der Waals surface area contributed by atoms with E-state index in [4.69, 9.17) is 0 Å². The molecule has 2 aromatic carbocycles. The molecule has 2 heterocycles. The Bertz CT molecular complexity index is 1430. The van der Waals surface area contributed by atoms with Crippen LogP contribution < -0.4 is 8.97 Å². The van der Waals surface area contributed by atoms with Crippen LogP contribution in [0.2, 0.25) is 0 Å². The zero-order valence-electron chi connectivity index (χ0n) is 22.9. The van der Waals surface area contributed by atoms with Gasteiger partial charge in [-0.15, -0.1) is 23.5 Å². The first-order chi connectivity index (χ1) is 17.6. The monoisotopic (exact) mass is 584 g/mol. The molecule has 1 saturated carbocycles. The zero-order valence-corrected chi connectivity index (χ0v) is 24.6. The summed E-state index contributed by atoms with van der Waals surface area (Å²) in [5.74, 6) is -15.7. The van der Waals surface area contributed by atoms with E-state index < -0.39 is 38.4 Å². The molecule has 4 aliphatic rings. The van der Waals surface area contributed by atoms with Gasteiger partial charge in [0.15, 0.2) is 0 Å². The third-order valence-corrected chi connectivity index (χ3v) is 12.0. The molecule has 1 fully saturated rings. The van der Waals surface area contributed by atoms with Gasteiger partial charge in [-0.05, 0) is 60.4 Å². The van der Waals surface area contributed by atoms with Crippen molar-refractivity contribution in [2.24, 2.45) is 0 Å². The third kappa shape index (κ3) is 3.07. The number of rotatable bonds is 2. The highest BCUT2D eigenvalue weighted by Gasteiger charge is 2.84. The minimum atomic E-state index is -5.57. The number of thioether (sulfide) groups is 2. The number of benzene rings is 2. The molecule has 0 bridgehead atoms. The van der Waals surface area contributed by atoms with E-state index >= 15 is 26.3 Å². The topological polar surface area (TPSA) is 0 Å². The van der Waals surface area contributed by atoms with Crippen molar-refractivity contribution in [1.82, 2.24) is 8.97 Å². The lowest BCUT2D eigenvalue weighted by molar-refractivity contribution is -0.257. The molecular formula is C29H30F6N2S2+2. The van der Waals surface area contributed by atoms with Gasteiger partial charge in [-0.3, -0.25) is 8.97 Å². The number of hydrogen-bond donors (Lipinski definition) is 0. The molecule has 39 heavy (non-hydrogen) atoms. The Morgan fingerprint density at radius 1 is 0.538 bits per heavy atom. The van der Waals surface area contributed by atoms with Gasteiger partial charge in [-0.2, -0.15) is 26.3 Å². The Morgan fingerprint density at radius 3 is 1.18 bits per heavy atom. The number of fused-ring (bicyclic) bond motifs is 8. The lowest BCUT2D eigenvalue weighted by atomic mass is 9.68. The minimum absolute atomic E-state index is 0.106. The van der Waals surface area contributed by atoms with E-state index in [1.165, 1.54) is 23.5 Å². The molecule has 0 radical (unpaired) electrons. The standard InChI is InChI=1S/C29H30F6N2S2/c1-25-21(17-11-9-15(36(3,4)5)13-19(17)38-25)23-24(28(32,33)29(34,35)27(23,30)31)22-18-12-10-16(37(6,7)8)14-20(18)39-26(22,25)2/h9-14H,1-8H3/q+2. The van der Waals surface area contributed by atoms with E-state index in [9.17, 15) is 0 Å². The summed E-state index contributed by atoms with van der Waals surface area (Å²) in [5.41, 5.74) is -0.209. The van der Waals surface area contributed by atoms with Gasteiger partial charge in [0.2, 0.25) is 0 Å². The molecule has 2 aliphatic carbocycles. The SMILES string of the molecule is CC12Sc3cc([N+](C)(C)C)ccc3C1=C1C(=C3c4ccc([N+](C)(C)C)cc4SC32C)C(F)(F)C(F)(F)C1(F)F. The highest BCUT2D eigenvalue weighted by Crippen LogP contribution is 2.78. The summed E-state index contributed by atoms with van der Waals surface area (Å²) in [4.78, 5) is 1.26. The van der Waals surface area contributed by atoms with Crippen LogP contribution in [0.1, 0.15) is 25.0 Å². The van der Waals surface area contributed by atoms with Crippen molar-refractivity contribution in [3.05, 3.63) is 58.7 Å². The maximum absolute atomic E-state index is 15.8. The molecule has 2 aliphatic heterocycles. The van der Waals surface area contributed by atoms with Gasteiger partial charge >= 0.3 is 17.8 Å². The number of alkyl halides is 6. The maximum atomic E-state index is 15.8. The van der Waals surface area contributed by atoms with Gasteiger partial charge in [0.1, 0.15) is 11.4 Å². The van der Waals surface area contributed by atoms with Gasteiger partial charge in [-0.1, -0.05) is 0 Å². The fraction of sp³-hybridized carbons (Fsp3) is 0.448. The number of hydrogen-bond acceptors (Lipinski definition) is 2. The van der Waals surface area contributed by atoms with Gasteiger partial charge in [0.25, 0.3) is 0 Å². The minimum Gasteiger partial charge on any atom is -0.298 e. The number of halogens is 6. The fourth-order valence-corrected chi connectivity index (χ4v) is 9.57. The first-order valence-electron chi connectivity index (χ1n) is 12.6. The Kier molecular flexibility index (Phi) is 5.11. The van der Waals surface area contributed by atoms with E-state index in [0.717, 1.165) is 11.4 Å². The van der Waals surface area contributed by atoms with Crippen molar-refractivity contribution in [1.29, 1.82) is 0 Å². The van der Waals surface area contributed by atoms with Crippen molar-refractivity contribution in [2.75, 3.05) is 42.3 Å². The normalized spacial score (nSPS) is 29.7. The van der Waals surface area contributed by atoms with Crippen molar-refractivity contribution < 1.29 is 26.3 Å². The Balaban J connectivity index is 1.74. The van der Waals surface area contributed by atoms with Crippen LogP contribution in [0.5, 0.6) is 0 Å². The van der Waals surface area contributed by atoms with Crippen molar-refractivity contribution in [2.45, 2.75) is 50.9 Å². The average molecular weight is 585 g/mol. The van der Waals surface area contributed by atoms with E-state index in [0.29, 0.717) is 29.9 Å². The molecule has 2 nitrogen and oxygen atoms in total. The molecule has 0 saturated heterocycles. The second kappa shape index (κ2) is 7.30. The van der Waals surface area contributed by atoms with E-state index in [-0.39, 0.29) is 11.1 Å². The molecule has 2 unspecified atom stereocenters. The summed E-state index contributed by atoms with van der Waals surface area (Å²) in [6.45, 7) is 3.49. The van der Waals surface area contributed by atoms with Crippen LogP contribution in [0.3, 0.4) is 0 Å². The largest absolute Gasteiger partial charge is 0.380 e. The van der Waals surface area contributed by atoms with Crippen LogP contribution in [0.4, 0.5) is 37.7 Å². The lowest BCUT2D eigenvalue weighted by Gasteiger charge is -2.47. The van der Waals surface area contributed by atoms with Gasteiger partial charge in [0.05, 0.1) is 51.8 Å². The van der Waals surface area contributed by atoms with Crippen LogP contribution in [-0.2, 0) is 0 Å². The van der Waals surface area contributed by atoms with E-state index in [2.05, 4.69) is 0 Å². The van der Waals surface area contributed by atoms with Gasteiger partial charge < -0.3 is 0 Å². The molecule has 0 spiro atoms. The zero-order chi connectivity index (χ0) is 28.9. The summed E-state index contributed by atoms with van der Waals surface area (Å²) in [7, 11) is 11.7. The first kappa shape index (κ1) is 27.3. The molecule has 2 atom stereocenters. The molecule has 6 rings (SSSR count). The van der Waals surface area contributed by atoms with Crippen molar-refractivity contribution >= 4 is 46.0 Å². The van der Waals surface area contributed by atoms with Crippen molar-refractivity contribution in [3.8, 4) is 0 Å². The molecular weight excluding hydrogens is 554 g/mol. The quantitative estimate of drug-likeness (QED) is 0.260. The van der Waals surface area contributed by atoms with Crippen LogP contribution in [0.25, 0.3) is 11.1 Å². The van der Waals surface area contributed by atoms with Crippen LogP contribution in [-0.4, -0.2) is 69.5 Å². The van der Waals surface area contributed by atoms with Crippen molar-refractivity contribution in [3.63, 3.8) is 0 Å². The Labute approximate surface area is 232 Å². The summed E-state index contributed by atoms with van der Waals surface area (Å²) in [5, 5.41) is 0. The molecule has 0 amide bonds. The van der Waals surface area contributed by atoms with E-state index in [1.54, 1.807) is 38.1 Å². The Morgan fingerprint density at radius 2 is 0.872 bits per heavy atom. The third-order valence-electron chi connectivity index (χ3n) is 8.68. The number of quaternary nitrogens is 2. The Hall–Kier alpha value is -1.88. The summed E-state index contributed by atoms with van der Waals surface area (Å²) < 4.78 is 91.8.